The summed E-state index contributed by atoms with van der Waals surface area (Å²) in [6, 6.07) is 10.8. The number of hydrogen-bond donors (Lipinski definition) is 0. The van der Waals surface area contributed by atoms with Gasteiger partial charge in [-0.2, -0.15) is 13.2 Å². The molecular weight excluding hydrogens is 495 g/mol. The average molecular weight is 512 g/mol. The van der Waals surface area contributed by atoms with Crippen molar-refractivity contribution in [1.82, 2.24) is 10.2 Å². The van der Waals surface area contributed by atoms with E-state index in [-0.39, 0.29) is 53.6 Å². The Bertz CT molecular complexity index is 1380. The molecule has 1 fully saturated rings. The Morgan fingerprint density at radius 3 is 2.44 bits per heavy atom. The molecule has 34 heavy (non-hydrogen) atoms. The first kappa shape index (κ1) is 22.9. The fraction of sp³-hybridized carbons (Fsp3) is 0.318. The van der Waals surface area contributed by atoms with E-state index in [2.05, 4.69) is 10.2 Å². The lowest BCUT2D eigenvalue weighted by Crippen LogP contribution is -2.29. The number of alkyl halides is 3. The van der Waals surface area contributed by atoms with E-state index < -0.39 is 33.2 Å². The standard InChI is InChI=1S/C22H17ClF3N3O4S/c23-15-4-1-13(2-5-15)12-29-16-11-14(3-6-17(16)34(31,32)10-7-18(29)30)19-27-28-20(33-19)21(8-9-21)22(24,25)26/h1-6,11H,7-10,12H2. The summed E-state index contributed by atoms with van der Waals surface area (Å²) in [6.07, 6.45) is -4.99. The zero-order valence-corrected chi connectivity index (χ0v) is 19.0. The van der Waals surface area contributed by atoms with E-state index in [0.717, 1.165) is 0 Å². The molecular formula is C22H17ClF3N3O4S. The molecule has 0 bridgehead atoms. The zero-order chi connectivity index (χ0) is 24.3. The summed E-state index contributed by atoms with van der Waals surface area (Å²) in [5.74, 6) is -1.47. The molecule has 1 saturated carbocycles. The number of anilines is 1. The number of fused-ring (bicyclic) bond motifs is 1. The minimum Gasteiger partial charge on any atom is -0.420 e. The van der Waals surface area contributed by atoms with Crippen LogP contribution in [0.15, 0.2) is 51.8 Å². The Balaban J connectivity index is 1.57. The van der Waals surface area contributed by atoms with Crippen molar-refractivity contribution in [1.29, 1.82) is 0 Å². The zero-order valence-electron chi connectivity index (χ0n) is 17.5. The molecule has 1 aromatic heterocycles. The minimum absolute atomic E-state index is 0.0512. The molecule has 2 aliphatic rings. The number of benzene rings is 2. The van der Waals surface area contributed by atoms with Gasteiger partial charge in [0.05, 0.1) is 22.9 Å². The van der Waals surface area contributed by atoms with Crippen molar-refractivity contribution < 1.29 is 30.8 Å². The number of carbonyl (C=O) groups is 1. The lowest BCUT2D eigenvalue weighted by Gasteiger charge is -2.23. The van der Waals surface area contributed by atoms with Crippen molar-refractivity contribution in [2.45, 2.75) is 42.3 Å². The highest BCUT2D eigenvalue weighted by molar-refractivity contribution is 7.91. The molecule has 12 heteroatoms. The fourth-order valence-corrected chi connectivity index (χ4v) is 5.50. The number of rotatable bonds is 4. The summed E-state index contributed by atoms with van der Waals surface area (Å²) in [7, 11) is -3.77. The lowest BCUT2D eigenvalue weighted by molar-refractivity contribution is -0.165. The van der Waals surface area contributed by atoms with E-state index in [1.165, 1.54) is 23.1 Å². The predicted molar refractivity (Wildman–Crippen MR) is 116 cm³/mol. The summed E-state index contributed by atoms with van der Waals surface area (Å²) >= 11 is 5.93. The molecule has 1 amide bonds. The second kappa shape index (κ2) is 7.81. The van der Waals surface area contributed by atoms with Crippen molar-refractivity contribution in [2.75, 3.05) is 10.7 Å². The Morgan fingerprint density at radius 1 is 1.09 bits per heavy atom. The maximum atomic E-state index is 13.4. The SMILES string of the molecule is O=C1CCS(=O)(=O)c2ccc(-c3nnc(C4(C(F)(F)F)CC4)o3)cc2N1Cc1ccc(Cl)cc1. The van der Waals surface area contributed by atoms with Gasteiger partial charge < -0.3 is 9.32 Å². The summed E-state index contributed by atoms with van der Waals surface area (Å²) < 4.78 is 71.3. The largest absolute Gasteiger partial charge is 0.420 e. The molecule has 1 aliphatic carbocycles. The van der Waals surface area contributed by atoms with Gasteiger partial charge in [-0.05, 0) is 48.7 Å². The molecule has 0 saturated heterocycles. The number of aromatic nitrogens is 2. The maximum absolute atomic E-state index is 13.4. The number of hydrogen-bond acceptors (Lipinski definition) is 6. The quantitative estimate of drug-likeness (QED) is 0.504. The van der Waals surface area contributed by atoms with Crippen LogP contribution in [0.4, 0.5) is 18.9 Å². The molecule has 0 atom stereocenters. The maximum Gasteiger partial charge on any atom is 0.403 e. The van der Waals surface area contributed by atoms with Gasteiger partial charge in [0.2, 0.25) is 17.7 Å². The van der Waals surface area contributed by atoms with E-state index in [9.17, 15) is 26.4 Å². The molecule has 2 heterocycles. The van der Waals surface area contributed by atoms with Crippen molar-refractivity contribution in [3.63, 3.8) is 0 Å². The highest BCUT2D eigenvalue weighted by Gasteiger charge is 2.68. The number of nitrogens with zero attached hydrogens (tertiary/aromatic N) is 3. The van der Waals surface area contributed by atoms with Crippen LogP contribution >= 0.6 is 11.6 Å². The third-order valence-electron chi connectivity index (χ3n) is 6.10. The van der Waals surface area contributed by atoms with Gasteiger partial charge >= 0.3 is 6.18 Å². The van der Waals surface area contributed by atoms with Crippen LogP contribution in [0.1, 0.15) is 30.7 Å². The second-order valence-corrected chi connectivity index (χ2v) is 10.9. The van der Waals surface area contributed by atoms with Gasteiger partial charge in [0.15, 0.2) is 9.84 Å². The van der Waals surface area contributed by atoms with Gasteiger partial charge in [-0.3, -0.25) is 4.79 Å². The first-order chi connectivity index (χ1) is 16.0. The molecule has 0 unspecified atom stereocenters. The molecule has 3 aromatic rings. The first-order valence-electron chi connectivity index (χ1n) is 10.3. The number of carbonyl (C=O) groups excluding carboxylic acids is 1. The predicted octanol–water partition coefficient (Wildman–Crippen LogP) is 4.69. The molecule has 7 nitrogen and oxygen atoms in total. The highest BCUT2D eigenvalue weighted by atomic mass is 35.5. The van der Waals surface area contributed by atoms with Crippen molar-refractivity contribution >= 4 is 33.0 Å². The summed E-state index contributed by atoms with van der Waals surface area (Å²) in [5.41, 5.74) is -1.10. The van der Waals surface area contributed by atoms with E-state index in [0.29, 0.717) is 10.6 Å². The average Bonchev–Trinajstić information content (AvgIpc) is 3.49. The molecule has 0 N–H and O–H groups in total. The Morgan fingerprint density at radius 2 is 1.79 bits per heavy atom. The van der Waals surface area contributed by atoms with E-state index in [1.54, 1.807) is 24.3 Å². The van der Waals surface area contributed by atoms with Crippen LogP contribution in [0.25, 0.3) is 11.5 Å². The van der Waals surface area contributed by atoms with Crippen LogP contribution in [0.2, 0.25) is 5.02 Å². The van der Waals surface area contributed by atoms with Gasteiger partial charge in [0.25, 0.3) is 0 Å². The van der Waals surface area contributed by atoms with Gasteiger partial charge in [-0.15, -0.1) is 10.2 Å². The third kappa shape index (κ3) is 3.86. The first-order valence-corrected chi connectivity index (χ1v) is 12.4. The number of amides is 1. The van der Waals surface area contributed by atoms with Crippen molar-refractivity contribution in [3.8, 4) is 11.5 Å². The molecule has 2 aromatic carbocycles. The van der Waals surface area contributed by atoms with Crippen LogP contribution < -0.4 is 4.90 Å². The monoisotopic (exact) mass is 511 g/mol. The van der Waals surface area contributed by atoms with Crippen molar-refractivity contribution in [2.24, 2.45) is 0 Å². The van der Waals surface area contributed by atoms with Gasteiger partial charge in [-0.25, -0.2) is 8.42 Å². The normalized spacial score (nSPS) is 18.9. The molecule has 178 valence electrons. The Labute approximate surface area is 197 Å². The molecule has 1 aliphatic heterocycles. The minimum atomic E-state index is -4.51. The van der Waals surface area contributed by atoms with Crippen LogP contribution in [-0.4, -0.2) is 36.5 Å². The fourth-order valence-electron chi connectivity index (χ4n) is 3.95. The van der Waals surface area contributed by atoms with E-state index in [4.69, 9.17) is 16.0 Å². The van der Waals surface area contributed by atoms with Crippen LogP contribution in [0, 0.1) is 0 Å². The van der Waals surface area contributed by atoms with Gasteiger partial charge in [-0.1, -0.05) is 23.7 Å². The molecule has 5 rings (SSSR count). The summed E-state index contributed by atoms with van der Waals surface area (Å²) in [5, 5.41) is 7.89. The second-order valence-electron chi connectivity index (χ2n) is 8.35. The molecule has 0 spiro atoms. The Hall–Kier alpha value is -2.92. The number of sulfone groups is 1. The van der Waals surface area contributed by atoms with Crippen LogP contribution in [0.3, 0.4) is 0 Å². The highest BCUT2D eigenvalue weighted by Crippen LogP contribution is 2.58. The van der Waals surface area contributed by atoms with Gasteiger partial charge in [0.1, 0.15) is 5.41 Å². The summed E-state index contributed by atoms with van der Waals surface area (Å²) in [4.78, 5) is 14.2. The lowest BCUT2D eigenvalue weighted by atomic mass is 10.1. The molecule has 0 radical (unpaired) electrons. The third-order valence-corrected chi connectivity index (χ3v) is 8.11. The van der Waals surface area contributed by atoms with E-state index in [1.807, 2.05) is 0 Å². The topological polar surface area (TPSA) is 93.4 Å². The van der Waals surface area contributed by atoms with Crippen LogP contribution in [0.5, 0.6) is 0 Å². The van der Waals surface area contributed by atoms with E-state index >= 15 is 0 Å². The Kier molecular flexibility index (Phi) is 5.25. The van der Waals surface area contributed by atoms with Crippen molar-refractivity contribution in [3.05, 3.63) is 58.9 Å². The number of halogens is 4. The smallest absolute Gasteiger partial charge is 0.403 e. The summed E-state index contributed by atoms with van der Waals surface area (Å²) in [6.45, 7) is 0.0776. The van der Waals surface area contributed by atoms with Crippen LogP contribution in [-0.2, 0) is 26.6 Å². The van der Waals surface area contributed by atoms with Gasteiger partial charge in [0, 0.05) is 17.0 Å².